The molecule has 0 aliphatic carbocycles. The molecule has 0 aromatic rings. The van der Waals surface area contributed by atoms with Crippen LogP contribution in [-0.4, -0.2) is 23.8 Å². The SMILES string of the molecule is O=COOB(O)O. The van der Waals surface area contributed by atoms with Gasteiger partial charge < -0.3 is 14.9 Å². The fourth-order valence-corrected chi connectivity index (χ4v) is 0.0724. The van der Waals surface area contributed by atoms with Crippen molar-refractivity contribution in [2.75, 3.05) is 0 Å². The zero-order chi connectivity index (χ0) is 5.70. The summed E-state index contributed by atoms with van der Waals surface area (Å²) in [6, 6.07) is 0. The number of rotatable bonds is 3. The number of carbonyl (C=O) groups is 1. The third-order valence-corrected chi connectivity index (χ3v) is 0.181. The summed E-state index contributed by atoms with van der Waals surface area (Å²) >= 11 is 0. The molecule has 0 amide bonds. The van der Waals surface area contributed by atoms with Gasteiger partial charge in [-0.3, -0.25) is 4.79 Å². The predicted molar refractivity (Wildman–Crippen MR) is 18.4 cm³/mol. The quantitative estimate of drug-likeness (QED) is 0.189. The highest BCUT2D eigenvalue weighted by Gasteiger charge is 2.08. The van der Waals surface area contributed by atoms with Gasteiger partial charge in [0.25, 0.3) is 0 Å². The smallest absolute Gasteiger partial charge is 0.400 e. The zero-order valence-electron chi connectivity index (χ0n) is 3.27. The van der Waals surface area contributed by atoms with Crippen LogP contribution in [-0.2, 0) is 14.5 Å². The van der Waals surface area contributed by atoms with E-state index in [-0.39, 0.29) is 6.47 Å². The van der Waals surface area contributed by atoms with Crippen LogP contribution in [0.4, 0.5) is 0 Å². The number of hydrogen-bond donors (Lipinski definition) is 2. The first-order valence-corrected chi connectivity index (χ1v) is 1.39. The standard InChI is InChI=1S/CH3BO5/c3-1-6-7-2(4)5/h1,4-5H. The lowest BCUT2D eigenvalue weighted by Gasteiger charge is -1.91. The topological polar surface area (TPSA) is 76.0 Å². The molecule has 0 atom stereocenters. The average molecular weight is 106 g/mol. The van der Waals surface area contributed by atoms with Gasteiger partial charge in [-0.15, -0.1) is 0 Å². The second kappa shape index (κ2) is 3.60. The van der Waals surface area contributed by atoms with E-state index in [1.54, 1.807) is 0 Å². The molecule has 0 aromatic heterocycles. The van der Waals surface area contributed by atoms with Crippen LogP contribution in [0.15, 0.2) is 0 Å². The molecule has 0 rings (SSSR count). The number of hydrogen-bond acceptors (Lipinski definition) is 5. The first-order chi connectivity index (χ1) is 3.27. The molecule has 40 valence electrons. The third-order valence-electron chi connectivity index (χ3n) is 0.181. The predicted octanol–water partition coefficient (Wildman–Crippen LogP) is -1.94. The van der Waals surface area contributed by atoms with E-state index in [0.717, 1.165) is 0 Å². The van der Waals surface area contributed by atoms with Crippen molar-refractivity contribution in [1.29, 1.82) is 0 Å². The van der Waals surface area contributed by atoms with Crippen LogP contribution in [0.5, 0.6) is 0 Å². The molecule has 0 unspecified atom stereocenters. The Morgan fingerprint density at radius 1 is 1.57 bits per heavy atom. The van der Waals surface area contributed by atoms with E-state index in [0.29, 0.717) is 0 Å². The molecule has 2 N–H and O–H groups in total. The Labute approximate surface area is 39.6 Å². The molecule has 5 nitrogen and oxygen atoms in total. The molecule has 0 bridgehead atoms. The van der Waals surface area contributed by atoms with Crippen molar-refractivity contribution in [3.63, 3.8) is 0 Å². The van der Waals surface area contributed by atoms with Crippen molar-refractivity contribution >= 4 is 13.8 Å². The molecule has 0 radical (unpaired) electrons. The summed E-state index contributed by atoms with van der Waals surface area (Å²) in [5.74, 6) is 0. The van der Waals surface area contributed by atoms with Gasteiger partial charge in [0, 0.05) is 0 Å². The van der Waals surface area contributed by atoms with E-state index in [4.69, 9.17) is 14.8 Å². The Hall–Kier alpha value is -0.585. The van der Waals surface area contributed by atoms with E-state index in [9.17, 15) is 0 Å². The summed E-state index contributed by atoms with van der Waals surface area (Å²) in [7, 11) is -2.05. The molecule has 0 aromatic carbocycles. The van der Waals surface area contributed by atoms with Gasteiger partial charge in [-0.2, -0.15) is 4.81 Å². The Morgan fingerprint density at radius 3 is 2.29 bits per heavy atom. The summed E-state index contributed by atoms with van der Waals surface area (Å²) in [6.45, 7) is -0.0700. The molecule has 6 heteroatoms. The minimum absolute atomic E-state index is 0.0700. The van der Waals surface area contributed by atoms with Crippen molar-refractivity contribution in [3.8, 4) is 0 Å². The second-order valence-corrected chi connectivity index (χ2v) is 0.615. The maximum atomic E-state index is 9.14. The zero-order valence-corrected chi connectivity index (χ0v) is 3.27. The average Bonchev–Trinajstić information content (AvgIpc) is 1.61. The van der Waals surface area contributed by atoms with Crippen LogP contribution >= 0.6 is 0 Å². The summed E-state index contributed by atoms with van der Waals surface area (Å²) < 4.78 is 0. The largest absolute Gasteiger partial charge is 0.673 e. The highest BCUT2D eigenvalue weighted by molar-refractivity contribution is 6.32. The second-order valence-electron chi connectivity index (χ2n) is 0.615. The van der Waals surface area contributed by atoms with Crippen molar-refractivity contribution in [2.24, 2.45) is 0 Å². The molecule has 0 aliphatic rings. The Kier molecular flexibility index (Phi) is 3.30. The molecule has 7 heavy (non-hydrogen) atoms. The number of carbonyl (C=O) groups excluding carboxylic acids is 1. The van der Waals surface area contributed by atoms with E-state index in [1.165, 1.54) is 0 Å². The molecular weight excluding hydrogens is 103 g/mol. The molecule has 0 heterocycles. The first-order valence-electron chi connectivity index (χ1n) is 1.39. The highest BCUT2D eigenvalue weighted by Crippen LogP contribution is 1.70. The van der Waals surface area contributed by atoms with Gasteiger partial charge in [-0.1, -0.05) is 0 Å². The van der Waals surface area contributed by atoms with Crippen LogP contribution in [0.3, 0.4) is 0 Å². The Bertz CT molecular complexity index is 52.0. The van der Waals surface area contributed by atoms with Gasteiger partial charge in [0.1, 0.15) is 0 Å². The minimum atomic E-state index is -2.05. The fraction of sp³-hybridized carbons (Fsp3) is 0. The lowest BCUT2D eigenvalue weighted by atomic mass is 10.3. The molecule has 0 fully saturated rings. The van der Waals surface area contributed by atoms with Crippen LogP contribution in [0.25, 0.3) is 0 Å². The molecule has 0 saturated carbocycles. The Morgan fingerprint density at radius 2 is 2.14 bits per heavy atom. The maximum Gasteiger partial charge on any atom is 0.673 e. The maximum absolute atomic E-state index is 9.14. The van der Waals surface area contributed by atoms with Gasteiger partial charge in [0.15, 0.2) is 0 Å². The van der Waals surface area contributed by atoms with Crippen molar-refractivity contribution in [3.05, 3.63) is 0 Å². The summed E-state index contributed by atoms with van der Waals surface area (Å²) in [4.78, 5) is 16.0. The minimum Gasteiger partial charge on any atom is -0.400 e. The Balaban J connectivity index is 2.81. The third kappa shape index (κ3) is 5.41. The van der Waals surface area contributed by atoms with E-state index >= 15 is 0 Å². The van der Waals surface area contributed by atoms with Gasteiger partial charge in [0.05, 0.1) is 0 Å². The normalized spacial score (nSPS) is 7.71. The van der Waals surface area contributed by atoms with Crippen molar-refractivity contribution < 1.29 is 24.5 Å². The van der Waals surface area contributed by atoms with Crippen LogP contribution in [0.2, 0.25) is 0 Å². The van der Waals surface area contributed by atoms with Gasteiger partial charge in [-0.25, -0.2) is 0 Å². The lowest BCUT2D eigenvalue weighted by molar-refractivity contribution is -0.213. The van der Waals surface area contributed by atoms with Crippen LogP contribution in [0.1, 0.15) is 0 Å². The summed E-state index contributed by atoms with van der Waals surface area (Å²) in [5.41, 5.74) is 0. The summed E-state index contributed by atoms with van der Waals surface area (Å²) in [5, 5.41) is 15.5. The monoisotopic (exact) mass is 106 g/mol. The van der Waals surface area contributed by atoms with Crippen LogP contribution in [0, 0.1) is 0 Å². The van der Waals surface area contributed by atoms with Gasteiger partial charge >= 0.3 is 13.8 Å². The molecule has 0 saturated heterocycles. The first kappa shape index (κ1) is 6.41. The molecular formula is CH3BO5. The van der Waals surface area contributed by atoms with Gasteiger partial charge in [0.2, 0.25) is 0 Å². The fourth-order valence-electron chi connectivity index (χ4n) is 0.0724. The summed E-state index contributed by atoms with van der Waals surface area (Å²) in [6.07, 6.45) is 0. The van der Waals surface area contributed by atoms with Crippen molar-refractivity contribution in [1.82, 2.24) is 0 Å². The molecule has 0 aliphatic heterocycles. The van der Waals surface area contributed by atoms with Gasteiger partial charge in [-0.05, 0) is 0 Å². The van der Waals surface area contributed by atoms with E-state index in [1.807, 2.05) is 0 Å². The van der Waals surface area contributed by atoms with E-state index in [2.05, 4.69) is 9.69 Å². The lowest BCUT2D eigenvalue weighted by Crippen LogP contribution is -2.16. The van der Waals surface area contributed by atoms with Crippen LogP contribution < -0.4 is 0 Å². The highest BCUT2D eigenvalue weighted by atomic mass is 17.2. The van der Waals surface area contributed by atoms with Crippen molar-refractivity contribution in [2.45, 2.75) is 0 Å². The molecule has 0 spiro atoms. The van der Waals surface area contributed by atoms with E-state index < -0.39 is 7.32 Å².